The molecule has 3 rings (SSSR count). The molecule has 0 atom stereocenters. The van der Waals surface area contributed by atoms with Crippen LogP contribution in [0.1, 0.15) is 28.4 Å². The molecule has 0 spiro atoms. The van der Waals surface area contributed by atoms with Crippen LogP contribution in [0, 0.1) is 6.92 Å². The lowest BCUT2D eigenvalue weighted by atomic mass is 10.2. The molecule has 7 heteroatoms. The Morgan fingerprint density at radius 1 is 0.844 bits per heavy atom. The van der Waals surface area contributed by atoms with Crippen LogP contribution in [0.3, 0.4) is 0 Å². The zero-order valence-corrected chi connectivity index (χ0v) is 17.9. The fraction of sp³-hybridized carbons (Fsp3) is 0.160. The molecule has 3 aromatic carbocycles. The number of nitrogens with one attached hydrogen (secondary N) is 1. The molecule has 0 heterocycles. The molecule has 1 amide bonds. The lowest BCUT2D eigenvalue weighted by molar-refractivity contribution is -0.123. The van der Waals surface area contributed by atoms with Gasteiger partial charge in [0.05, 0.1) is 18.4 Å². The zero-order valence-electron chi connectivity index (χ0n) is 17.9. The van der Waals surface area contributed by atoms with E-state index < -0.39 is 5.97 Å². The van der Waals surface area contributed by atoms with Crippen LogP contribution in [0.5, 0.6) is 17.2 Å². The molecule has 0 aromatic heterocycles. The summed E-state index contributed by atoms with van der Waals surface area (Å²) in [5, 5.41) is 3.91. The lowest BCUT2D eigenvalue weighted by Crippen LogP contribution is -2.24. The van der Waals surface area contributed by atoms with E-state index in [-0.39, 0.29) is 12.5 Å². The molecule has 0 saturated carbocycles. The third kappa shape index (κ3) is 6.98. The molecule has 32 heavy (non-hydrogen) atoms. The van der Waals surface area contributed by atoms with E-state index in [1.54, 1.807) is 60.7 Å². The molecular formula is C25H24N2O5. The van der Waals surface area contributed by atoms with Crippen molar-refractivity contribution >= 4 is 18.1 Å². The first kappa shape index (κ1) is 22.6. The van der Waals surface area contributed by atoms with Crippen LogP contribution in [-0.4, -0.2) is 31.3 Å². The highest BCUT2D eigenvalue weighted by Gasteiger charge is 2.09. The number of aryl methyl sites for hydroxylation is 1. The van der Waals surface area contributed by atoms with Gasteiger partial charge >= 0.3 is 5.97 Å². The topological polar surface area (TPSA) is 86.2 Å². The van der Waals surface area contributed by atoms with Crippen molar-refractivity contribution in [3.8, 4) is 17.2 Å². The van der Waals surface area contributed by atoms with Crippen LogP contribution in [0.4, 0.5) is 0 Å². The zero-order chi connectivity index (χ0) is 22.8. The number of carbonyl (C=O) groups is 2. The van der Waals surface area contributed by atoms with Gasteiger partial charge in [0, 0.05) is 0 Å². The van der Waals surface area contributed by atoms with Gasteiger partial charge in [-0.15, -0.1) is 0 Å². The molecule has 0 unspecified atom stereocenters. The summed E-state index contributed by atoms with van der Waals surface area (Å²) in [6.07, 6.45) is 1.49. The first-order valence-corrected chi connectivity index (χ1v) is 10.1. The van der Waals surface area contributed by atoms with Gasteiger partial charge in [-0.2, -0.15) is 5.10 Å². The van der Waals surface area contributed by atoms with Crippen molar-refractivity contribution < 1.29 is 23.8 Å². The Balaban J connectivity index is 1.45. The Labute approximate surface area is 186 Å². The van der Waals surface area contributed by atoms with Gasteiger partial charge in [-0.05, 0) is 80.1 Å². The molecule has 0 bridgehead atoms. The quantitative estimate of drug-likeness (QED) is 0.238. The first-order chi connectivity index (χ1) is 15.5. The van der Waals surface area contributed by atoms with Gasteiger partial charge in [0.1, 0.15) is 17.2 Å². The van der Waals surface area contributed by atoms with Crippen LogP contribution in [0.25, 0.3) is 0 Å². The SMILES string of the molecule is CCOc1ccc(C(=O)Oc2ccc(C=NNC(=O)COc3ccc(C)cc3)cc2)cc1. The Kier molecular flexibility index (Phi) is 7.97. The van der Waals surface area contributed by atoms with Crippen LogP contribution in [-0.2, 0) is 4.79 Å². The Hall–Kier alpha value is -4.13. The van der Waals surface area contributed by atoms with E-state index in [1.807, 2.05) is 26.0 Å². The van der Waals surface area contributed by atoms with Gasteiger partial charge in [0.15, 0.2) is 6.61 Å². The maximum Gasteiger partial charge on any atom is 0.343 e. The number of amides is 1. The molecule has 3 aromatic rings. The summed E-state index contributed by atoms with van der Waals surface area (Å²) >= 11 is 0. The predicted octanol–water partition coefficient (Wildman–Crippen LogP) is 4.14. The summed E-state index contributed by atoms with van der Waals surface area (Å²) in [4.78, 5) is 24.1. The molecule has 164 valence electrons. The molecular weight excluding hydrogens is 408 g/mol. The normalized spacial score (nSPS) is 10.6. The maximum absolute atomic E-state index is 12.2. The molecule has 0 aliphatic heterocycles. The second-order valence-corrected chi connectivity index (χ2v) is 6.81. The van der Waals surface area contributed by atoms with E-state index >= 15 is 0 Å². The maximum atomic E-state index is 12.2. The van der Waals surface area contributed by atoms with Crippen molar-refractivity contribution in [2.45, 2.75) is 13.8 Å². The number of esters is 1. The number of ether oxygens (including phenoxy) is 3. The Bertz CT molecular complexity index is 1060. The lowest BCUT2D eigenvalue weighted by Gasteiger charge is -2.06. The minimum atomic E-state index is -0.463. The predicted molar refractivity (Wildman–Crippen MR) is 121 cm³/mol. The standard InChI is InChI=1S/C25H24N2O5/c1-3-30-21-14-8-20(9-15-21)25(29)32-23-12-6-19(7-13-23)16-26-27-24(28)17-31-22-10-4-18(2)5-11-22/h4-16H,3,17H2,1-2H3,(H,27,28). The Morgan fingerprint density at radius 3 is 2.09 bits per heavy atom. The van der Waals surface area contributed by atoms with Gasteiger partial charge in [-0.3, -0.25) is 4.79 Å². The summed E-state index contributed by atoms with van der Waals surface area (Å²) in [6.45, 7) is 4.29. The highest BCUT2D eigenvalue weighted by atomic mass is 16.5. The highest BCUT2D eigenvalue weighted by Crippen LogP contribution is 2.16. The molecule has 1 N–H and O–H groups in total. The van der Waals surface area contributed by atoms with E-state index in [0.717, 1.165) is 11.1 Å². The number of hydrogen-bond acceptors (Lipinski definition) is 6. The molecule has 0 saturated heterocycles. The number of nitrogens with zero attached hydrogens (tertiary/aromatic N) is 1. The third-order valence-electron chi connectivity index (χ3n) is 4.29. The van der Waals surface area contributed by atoms with Crippen molar-refractivity contribution in [1.82, 2.24) is 5.43 Å². The summed E-state index contributed by atoms with van der Waals surface area (Å²) in [7, 11) is 0. The second-order valence-electron chi connectivity index (χ2n) is 6.81. The minimum Gasteiger partial charge on any atom is -0.494 e. The average Bonchev–Trinajstić information content (AvgIpc) is 2.80. The van der Waals surface area contributed by atoms with Gasteiger partial charge in [-0.25, -0.2) is 10.2 Å². The van der Waals surface area contributed by atoms with Gasteiger partial charge in [0.25, 0.3) is 5.91 Å². The van der Waals surface area contributed by atoms with E-state index in [0.29, 0.717) is 29.4 Å². The molecule has 0 aliphatic carbocycles. The highest BCUT2D eigenvalue weighted by molar-refractivity contribution is 5.91. The fourth-order valence-electron chi connectivity index (χ4n) is 2.64. The molecule has 7 nitrogen and oxygen atoms in total. The van der Waals surface area contributed by atoms with Crippen molar-refractivity contribution in [3.05, 3.63) is 89.5 Å². The van der Waals surface area contributed by atoms with E-state index in [9.17, 15) is 9.59 Å². The second kappa shape index (κ2) is 11.3. The minimum absolute atomic E-state index is 0.138. The van der Waals surface area contributed by atoms with Gasteiger partial charge in [-0.1, -0.05) is 17.7 Å². The average molecular weight is 432 g/mol. The molecule has 0 fully saturated rings. The van der Waals surface area contributed by atoms with Crippen LogP contribution >= 0.6 is 0 Å². The Morgan fingerprint density at radius 2 is 1.44 bits per heavy atom. The number of rotatable bonds is 9. The summed E-state index contributed by atoms with van der Waals surface area (Å²) in [6, 6.07) is 20.9. The fourth-order valence-corrected chi connectivity index (χ4v) is 2.64. The van der Waals surface area contributed by atoms with Crippen molar-refractivity contribution in [3.63, 3.8) is 0 Å². The van der Waals surface area contributed by atoms with Crippen LogP contribution < -0.4 is 19.6 Å². The van der Waals surface area contributed by atoms with E-state index in [1.165, 1.54) is 6.21 Å². The van der Waals surface area contributed by atoms with E-state index in [2.05, 4.69) is 10.5 Å². The summed E-state index contributed by atoms with van der Waals surface area (Å²) in [5.74, 6) is 0.876. The van der Waals surface area contributed by atoms with E-state index in [4.69, 9.17) is 14.2 Å². The largest absolute Gasteiger partial charge is 0.494 e. The number of hydrogen-bond donors (Lipinski definition) is 1. The van der Waals surface area contributed by atoms with Gasteiger partial charge in [0.2, 0.25) is 0 Å². The van der Waals surface area contributed by atoms with Crippen LogP contribution in [0.15, 0.2) is 77.9 Å². The number of carbonyl (C=O) groups excluding carboxylic acids is 2. The third-order valence-corrected chi connectivity index (χ3v) is 4.29. The monoisotopic (exact) mass is 432 g/mol. The van der Waals surface area contributed by atoms with Crippen molar-refractivity contribution in [2.24, 2.45) is 5.10 Å². The van der Waals surface area contributed by atoms with Crippen molar-refractivity contribution in [2.75, 3.05) is 13.2 Å². The molecule has 0 aliphatic rings. The summed E-state index contributed by atoms with van der Waals surface area (Å²) in [5.41, 5.74) is 4.67. The number of benzene rings is 3. The van der Waals surface area contributed by atoms with Gasteiger partial charge < -0.3 is 14.2 Å². The number of hydrazone groups is 1. The van der Waals surface area contributed by atoms with Crippen molar-refractivity contribution in [1.29, 1.82) is 0 Å². The molecule has 0 radical (unpaired) electrons. The first-order valence-electron chi connectivity index (χ1n) is 10.1. The summed E-state index contributed by atoms with van der Waals surface area (Å²) < 4.78 is 16.1. The van der Waals surface area contributed by atoms with Crippen LogP contribution in [0.2, 0.25) is 0 Å². The smallest absolute Gasteiger partial charge is 0.343 e.